The van der Waals surface area contributed by atoms with Crippen LogP contribution in [0, 0.1) is 23.2 Å². The number of benzene rings is 1. The monoisotopic (exact) mass is 339 g/mol. The molecule has 1 aromatic rings. The summed E-state index contributed by atoms with van der Waals surface area (Å²) in [7, 11) is 1.68. The predicted octanol–water partition coefficient (Wildman–Crippen LogP) is 4.11. The van der Waals surface area contributed by atoms with Gasteiger partial charge in [-0.1, -0.05) is 5.16 Å². The van der Waals surface area contributed by atoms with Crippen LogP contribution in [0.1, 0.15) is 56.1 Å². The van der Waals surface area contributed by atoms with Gasteiger partial charge in [0.15, 0.2) is 0 Å². The molecule has 0 saturated heterocycles. The number of hydrogen-bond acceptors (Lipinski definition) is 4. The molecule has 0 unspecified atom stereocenters. The second kappa shape index (κ2) is 5.58. The molecule has 0 atom stereocenters. The minimum Gasteiger partial charge on any atom is -0.497 e. The van der Waals surface area contributed by atoms with Crippen molar-refractivity contribution in [3.8, 4) is 5.75 Å². The quantitative estimate of drug-likeness (QED) is 0.615. The van der Waals surface area contributed by atoms with E-state index in [2.05, 4.69) is 11.2 Å². The first-order valence-electron chi connectivity index (χ1n) is 9.61. The van der Waals surface area contributed by atoms with Crippen LogP contribution in [0.25, 0.3) is 0 Å². The lowest BCUT2D eigenvalue weighted by molar-refractivity contribution is -0.171. The fourth-order valence-electron chi connectivity index (χ4n) is 6.22. The third kappa shape index (κ3) is 2.49. The summed E-state index contributed by atoms with van der Waals surface area (Å²) < 4.78 is 5.29. The van der Waals surface area contributed by atoms with Crippen LogP contribution in [0.15, 0.2) is 23.4 Å². The lowest BCUT2D eigenvalue weighted by atomic mass is 9.49. The van der Waals surface area contributed by atoms with E-state index in [1.807, 2.05) is 12.1 Å². The number of ether oxygens (including phenoxy) is 1. The van der Waals surface area contributed by atoms with E-state index in [9.17, 15) is 4.79 Å². The number of oxime groups is 1. The van der Waals surface area contributed by atoms with Gasteiger partial charge in [0.25, 0.3) is 0 Å². The van der Waals surface area contributed by atoms with Gasteiger partial charge in [-0.3, -0.25) is 0 Å². The summed E-state index contributed by atoms with van der Waals surface area (Å²) in [5.41, 5.74) is 2.99. The van der Waals surface area contributed by atoms with Crippen LogP contribution in [-0.2, 0) is 16.1 Å². The van der Waals surface area contributed by atoms with Gasteiger partial charge in [0, 0.05) is 5.56 Å². The molecule has 132 valence electrons. The number of fused-ring (bicyclic) bond motifs is 1. The molecule has 1 aromatic carbocycles. The zero-order chi connectivity index (χ0) is 17.0. The Labute approximate surface area is 148 Å². The van der Waals surface area contributed by atoms with Gasteiger partial charge in [-0.25, -0.2) is 4.79 Å². The average molecular weight is 339 g/mol. The first kappa shape index (κ1) is 15.4. The molecule has 5 aliphatic carbocycles. The van der Waals surface area contributed by atoms with E-state index in [4.69, 9.17) is 9.57 Å². The van der Waals surface area contributed by atoms with Gasteiger partial charge in [0.1, 0.15) is 5.75 Å². The molecule has 0 aromatic heterocycles. The van der Waals surface area contributed by atoms with Crippen LogP contribution >= 0.6 is 0 Å². The number of methoxy groups -OCH3 is 1. The van der Waals surface area contributed by atoms with E-state index in [1.165, 1.54) is 24.8 Å². The largest absolute Gasteiger partial charge is 0.497 e. The molecule has 0 aliphatic heterocycles. The fourth-order valence-corrected chi connectivity index (χ4v) is 6.22. The smallest absolute Gasteiger partial charge is 0.341 e. The normalized spacial score (nSPS) is 36.5. The van der Waals surface area contributed by atoms with E-state index >= 15 is 0 Å². The second-order valence-corrected chi connectivity index (χ2v) is 8.64. The standard InChI is InChI=1S/C21H25NO3/c1-24-17-3-4-18-16(9-17)2-5-19(18)22-25-20(23)21-10-13-6-14(11-21)8-15(7-13)12-21/h3-4,9,13-15H,2,5-8,10-12H2,1H3/b22-19-. The molecule has 0 N–H and O–H groups in total. The van der Waals surface area contributed by atoms with E-state index in [0.717, 1.165) is 66.9 Å². The SMILES string of the molecule is COc1ccc2c(c1)CC/C2=N/OC(=O)C12CC3CC(CC(C3)C1)C2. The van der Waals surface area contributed by atoms with Crippen molar-refractivity contribution in [1.29, 1.82) is 0 Å². The lowest BCUT2D eigenvalue weighted by Crippen LogP contribution is -2.50. The molecule has 0 spiro atoms. The highest BCUT2D eigenvalue weighted by Gasteiger charge is 2.55. The van der Waals surface area contributed by atoms with Crippen LogP contribution in [0.5, 0.6) is 5.75 Å². The van der Waals surface area contributed by atoms with Gasteiger partial charge in [-0.2, -0.15) is 0 Å². The molecule has 25 heavy (non-hydrogen) atoms. The third-order valence-corrected chi connectivity index (χ3v) is 6.96. The minimum atomic E-state index is -0.236. The first-order chi connectivity index (χ1) is 12.1. The topological polar surface area (TPSA) is 47.9 Å². The van der Waals surface area contributed by atoms with Gasteiger partial charge in [-0.05, 0) is 92.9 Å². The van der Waals surface area contributed by atoms with Gasteiger partial charge in [-0.15, -0.1) is 0 Å². The summed E-state index contributed by atoms with van der Waals surface area (Å²) >= 11 is 0. The molecule has 4 fully saturated rings. The van der Waals surface area contributed by atoms with Crippen molar-refractivity contribution in [2.75, 3.05) is 7.11 Å². The Balaban J connectivity index is 1.34. The summed E-state index contributed by atoms with van der Waals surface area (Å²) in [5, 5.41) is 4.30. The summed E-state index contributed by atoms with van der Waals surface area (Å²) in [6.07, 6.45) is 8.82. The molecule has 0 radical (unpaired) electrons. The van der Waals surface area contributed by atoms with Gasteiger partial charge < -0.3 is 9.57 Å². The van der Waals surface area contributed by atoms with E-state index in [-0.39, 0.29) is 11.4 Å². The van der Waals surface area contributed by atoms with Crippen molar-refractivity contribution < 1.29 is 14.4 Å². The van der Waals surface area contributed by atoms with Gasteiger partial charge in [0.2, 0.25) is 0 Å². The van der Waals surface area contributed by atoms with E-state index in [0.29, 0.717) is 0 Å². The van der Waals surface area contributed by atoms with Crippen LogP contribution in [-0.4, -0.2) is 18.8 Å². The molecular weight excluding hydrogens is 314 g/mol. The maximum atomic E-state index is 12.9. The average Bonchev–Trinajstić information content (AvgIpc) is 3.00. The number of carbonyl (C=O) groups excluding carboxylic acids is 1. The highest BCUT2D eigenvalue weighted by molar-refractivity contribution is 6.04. The van der Waals surface area contributed by atoms with Crippen molar-refractivity contribution in [2.24, 2.45) is 28.3 Å². The molecule has 4 heteroatoms. The lowest BCUT2D eigenvalue weighted by Gasteiger charge is -2.54. The molecular formula is C21H25NO3. The van der Waals surface area contributed by atoms with Crippen molar-refractivity contribution in [3.05, 3.63) is 29.3 Å². The molecule has 4 saturated carbocycles. The van der Waals surface area contributed by atoms with Gasteiger partial charge >= 0.3 is 5.97 Å². The van der Waals surface area contributed by atoms with Crippen molar-refractivity contribution in [3.63, 3.8) is 0 Å². The van der Waals surface area contributed by atoms with E-state index in [1.54, 1.807) is 7.11 Å². The number of aryl methyl sites for hydroxylation is 1. The number of nitrogens with zero attached hydrogens (tertiary/aromatic N) is 1. The third-order valence-electron chi connectivity index (χ3n) is 6.96. The molecule has 0 heterocycles. The fraction of sp³-hybridized carbons (Fsp3) is 0.619. The Kier molecular flexibility index (Phi) is 3.44. The van der Waals surface area contributed by atoms with Crippen LogP contribution in [0.2, 0.25) is 0 Å². The summed E-state index contributed by atoms with van der Waals surface area (Å²) in [6.45, 7) is 0. The number of carbonyl (C=O) groups is 1. The highest BCUT2D eigenvalue weighted by Crippen LogP contribution is 2.60. The van der Waals surface area contributed by atoms with Crippen molar-refractivity contribution in [2.45, 2.75) is 51.4 Å². The van der Waals surface area contributed by atoms with Crippen molar-refractivity contribution in [1.82, 2.24) is 0 Å². The van der Waals surface area contributed by atoms with Crippen molar-refractivity contribution >= 4 is 11.7 Å². The molecule has 4 bridgehead atoms. The highest BCUT2D eigenvalue weighted by atomic mass is 16.7. The Morgan fingerprint density at radius 2 is 1.76 bits per heavy atom. The second-order valence-electron chi connectivity index (χ2n) is 8.64. The van der Waals surface area contributed by atoms with Gasteiger partial charge in [0.05, 0.1) is 18.2 Å². The molecule has 5 aliphatic rings. The Bertz CT molecular complexity index is 716. The first-order valence-corrected chi connectivity index (χ1v) is 9.61. The maximum absolute atomic E-state index is 12.9. The summed E-state index contributed by atoms with van der Waals surface area (Å²) in [5.74, 6) is 3.02. The minimum absolute atomic E-state index is 0.0685. The summed E-state index contributed by atoms with van der Waals surface area (Å²) in [6, 6.07) is 6.03. The maximum Gasteiger partial charge on any atom is 0.341 e. The Hall–Kier alpha value is -1.84. The predicted molar refractivity (Wildman–Crippen MR) is 94.5 cm³/mol. The molecule has 4 nitrogen and oxygen atoms in total. The van der Waals surface area contributed by atoms with Crippen LogP contribution < -0.4 is 4.74 Å². The molecule has 6 rings (SSSR count). The zero-order valence-electron chi connectivity index (χ0n) is 14.8. The van der Waals surface area contributed by atoms with Crippen LogP contribution in [0.3, 0.4) is 0 Å². The zero-order valence-corrected chi connectivity index (χ0v) is 14.8. The summed E-state index contributed by atoms with van der Waals surface area (Å²) in [4.78, 5) is 18.5. The van der Waals surface area contributed by atoms with Crippen LogP contribution in [0.4, 0.5) is 0 Å². The molecule has 0 amide bonds. The number of hydrogen-bond donors (Lipinski definition) is 0. The number of rotatable bonds is 3. The Morgan fingerprint density at radius 3 is 2.40 bits per heavy atom. The van der Waals surface area contributed by atoms with E-state index < -0.39 is 0 Å². The Morgan fingerprint density at radius 1 is 1.08 bits per heavy atom.